The van der Waals surface area contributed by atoms with Gasteiger partial charge in [-0.1, -0.05) is 12.1 Å². The highest BCUT2D eigenvalue weighted by atomic mass is 16.5. The molecule has 3 rings (SSSR count). The van der Waals surface area contributed by atoms with Crippen molar-refractivity contribution in [2.75, 3.05) is 7.11 Å². The van der Waals surface area contributed by atoms with Crippen molar-refractivity contribution >= 4 is 5.97 Å². The van der Waals surface area contributed by atoms with E-state index in [4.69, 9.17) is 9.84 Å². The summed E-state index contributed by atoms with van der Waals surface area (Å²) in [5.74, 6) is 0.912. The molecule has 0 bridgehead atoms. The summed E-state index contributed by atoms with van der Waals surface area (Å²) in [6, 6.07) is 4.28. The lowest BCUT2D eigenvalue weighted by molar-refractivity contribution is -0.137. The summed E-state index contributed by atoms with van der Waals surface area (Å²) in [7, 11) is 1.71. The molecule has 1 atom stereocenters. The third-order valence-corrected chi connectivity index (χ3v) is 4.45. The van der Waals surface area contributed by atoms with Gasteiger partial charge in [0, 0.05) is 5.92 Å². The maximum Gasteiger partial charge on any atom is 0.303 e. The molecule has 102 valence electrons. The van der Waals surface area contributed by atoms with Crippen LogP contribution in [0.25, 0.3) is 0 Å². The number of carboxylic acids is 1. The zero-order valence-electron chi connectivity index (χ0n) is 11.3. The summed E-state index contributed by atoms with van der Waals surface area (Å²) >= 11 is 0. The van der Waals surface area contributed by atoms with E-state index in [-0.39, 0.29) is 12.3 Å². The van der Waals surface area contributed by atoms with Gasteiger partial charge in [0.15, 0.2) is 0 Å². The van der Waals surface area contributed by atoms with Crippen LogP contribution in [0.5, 0.6) is 5.75 Å². The fraction of sp³-hybridized carbons (Fsp3) is 0.562. The molecule has 0 radical (unpaired) electrons. The lowest BCUT2D eigenvalue weighted by Crippen LogP contribution is -2.10. The van der Waals surface area contributed by atoms with Crippen LogP contribution in [0, 0.1) is 5.92 Å². The van der Waals surface area contributed by atoms with Crippen LogP contribution in [0.2, 0.25) is 0 Å². The zero-order chi connectivity index (χ0) is 13.4. The van der Waals surface area contributed by atoms with Crippen molar-refractivity contribution in [3.8, 4) is 5.75 Å². The fourth-order valence-electron chi connectivity index (χ4n) is 3.40. The highest BCUT2D eigenvalue weighted by molar-refractivity contribution is 5.69. The average molecular weight is 260 g/mol. The molecule has 1 unspecified atom stereocenters. The SMILES string of the molecule is COc1c(C(CC(=O)O)C2CC2)ccc2c1CCC2. The van der Waals surface area contributed by atoms with Crippen molar-refractivity contribution in [3.05, 3.63) is 28.8 Å². The molecule has 3 nitrogen and oxygen atoms in total. The number of aryl methyl sites for hydroxylation is 1. The van der Waals surface area contributed by atoms with Crippen LogP contribution in [0.3, 0.4) is 0 Å². The highest BCUT2D eigenvalue weighted by Crippen LogP contribution is 2.48. The number of benzene rings is 1. The van der Waals surface area contributed by atoms with Crippen LogP contribution in [0.1, 0.15) is 48.3 Å². The summed E-state index contributed by atoms with van der Waals surface area (Å²) in [6.45, 7) is 0. The Morgan fingerprint density at radius 3 is 2.84 bits per heavy atom. The molecular formula is C16H20O3. The third-order valence-electron chi connectivity index (χ3n) is 4.45. The van der Waals surface area contributed by atoms with E-state index >= 15 is 0 Å². The van der Waals surface area contributed by atoms with Gasteiger partial charge in [0.1, 0.15) is 5.75 Å². The van der Waals surface area contributed by atoms with E-state index in [9.17, 15) is 4.79 Å². The molecule has 0 aromatic heterocycles. The molecule has 2 aliphatic rings. The number of hydrogen-bond acceptors (Lipinski definition) is 2. The van der Waals surface area contributed by atoms with E-state index in [1.165, 1.54) is 17.5 Å². The number of fused-ring (bicyclic) bond motifs is 1. The third kappa shape index (κ3) is 2.34. The molecule has 0 heterocycles. The van der Waals surface area contributed by atoms with Crippen molar-refractivity contribution in [2.24, 2.45) is 5.92 Å². The van der Waals surface area contributed by atoms with Gasteiger partial charge in [-0.25, -0.2) is 0 Å². The van der Waals surface area contributed by atoms with E-state index in [1.807, 2.05) is 0 Å². The second kappa shape index (κ2) is 4.87. The second-order valence-electron chi connectivity index (χ2n) is 5.72. The van der Waals surface area contributed by atoms with Crippen LogP contribution < -0.4 is 4.74 Å². The first-order valence-corrected chi connectivity index (χ1v) is 7.11. The number of methoxy groups -OCH3 is 1. The van der Waals surface area contributed by atoms with Crippen molar-refractivity contribution in [3.63, 3.8) is 0 Å². The lowest BCUT2D eigenvalue weighted by atomic mass is 9.88. The number of aliphatic carboxylic acids is 1. The maximum absolute atomic E-state index is 11.1. The summed E-state index contributed by atoms with van der Waals surface area (Å²) in [6.07, 6.45) is 5.90. The van der Waals surface area contributed by atoms with Gasteiger partial charge in [0.2, 0.25) is 0 Å². The Balaban J connectivity index is 2.00. The lowest BCUT2D eigenvalue weighted by Gasteiger charge is -2.20. The Labute approximate surface area is 113 Å². The molecule has 1 saturated carbocycles. The molecule has 1 fully saturated rings. The molecule has 0 saturated heterocycles. The largest absolute Gasteiger partial charge is 0.496 e. The molecule has 0 aliphatic heterocycles. The predicted molar refractivity (Wildman–Crippen MR) is 72.7 cm³/mol. The molecular weight excluding hydrogens is 240 g/mol. The number of hydrogen-bond donors (Lipinski definition) is 1. The molecule has 2 aliphatic carbocycles. The average Bonchev–Trinajstić information content (AvgIpc) is 3.12. The Hall–Kier alpha value is -1.51. The number of rotatable bonds is 5. The normalized spacial score (nSPS) is 19.0. The first-order chi connectivity index (χ1) is 9.20. The van der Waals surface area contributed by atoms with Gasteiger partial charge < -0.3 is 9.84 Å². The Bertz CT molecular complexity index is 503. The second-order valence-corrected chi connectivity index (χ2v) is 5.72. The molecule has 1 aromatic carbocycles. The van der Waals surface area contributed by atoms with Crippen molar-refractivity contribution in [2.45, 2.75) is 44.4 Å². The molecule has 0 amide bonds. The molecule has 1 aromatic rings. The number of ether oxygens (including phenoxy) is 1. The minimum Gasteiger partial charge on any atom is -0.496 e. The van der Waals surface area contributed by atoms with E-state index in [2.05, 4.69) is 12.1 Å². The smallest absolute Gasteiger partial charge is 0.303 e. The van der Waals surface area contributed by atoms with Crippen LogP contribution in [0.15, 0.2) is 12.1 Å². The van der Waals surface area contributed by atoms with Crippen molar-refractivity contribution in [1.29, 1.82) is 0 Å². The van der Waals surface area contributed by atoms with Gasteiger partial charge in [-0.3, -0.25) is 4.79 Å². The highest BCUT2D eigenvalue weighted by Gasteiger charge is 2.36. The van der Waals surface area contributed by atoms with Gasteiger partial charge in [-0.05, 0) is 54.7 Å². The quantitative estimate of drug-likeness (QED) is 0.884. The summed E-state index contributed by atoms with van der Waals surface area (Å²) in [5.41, 5.74) is 3.81. The first kappa shape index (κ1) is 12.5. The van der Waals surface area contributed by atoms with Gasteiger partial charge in [0.25, 0.3) is 0 Å². The topological polar surface area (TPSA) is 46.5 Å². The summed E-state index contributed by atoms with van der Waals surface area (Å²) in [5, 5.41) is 9.14. The molecule has 1 N–H and O–H groups in total. The predicted octanol–water partition coefficient (Wildman–Crippen LogP) is 3.15. The summed E-state index contributed by atoms with van der Waals surface area (Å²) < 4.78 is 5.64. The number of carbonyl (C=O) groups is 1. The van der Waals surface area contributed by atoms with Crippen molar-refractivity contribution < 1.29 is 14.6 Å². The van der Waals surface area contributed by atoms with Gasteiger partial charge in [-0.15, -0.1) is 0 Å². The molecule has 3 heteroatoms. The maximum atomic E-state index is 11.1. The van der Waals surface area contributed by atoms with E-state index in [1.54, 1.807) is 7.11 Å². The van der Waals surface area contributed by atoms with Crippen molar-refractivity contribution in [1.82, 2.24) is 0 Å². The van der Waals surface area contributed by atoms with Gasteiger partial charge in [0.05, 0.1) is 13.5 Å². The Morgan fingerprint density at radius 1 is 1.42 bits per heavy atom. The minimum atomic E-state index is -0.709. The van der Waals surface area contributed by atoms with Crippen LogP contribution in [-0.2, 0) is 17.6 Å². The van der Waals surface area contributed by atoms with E-state index < -0.39 is 5.97 Å². The Kier molecular flexibility index (Phi) is 3.21. The monoisotopic (exact) mass is 260 g/mol. The van der Waals surface area contributed by atoms with Gasteiger partial charge in [-0.2, -0.15) is 0 Å². The van der Waals surface area contributed by atoms with Crippen LogP contribution >= 0.6 is 0 Å². The fourth-order valence-corrected chi connectivity index (χ4v) is 3.40. The zero-order valence-corrected chi connectivity index (χ0v) is 11.3. The minimum absolute atomic E-state index is 0.123. The standard InChI is InChI=1S/C16H20O3/c1-19-16-12-4-2-3-10(12)7-8-13(16)14(9-15(17)18)11-5-6-11/h7-8,11,14H,2-6,9H2,1H3,(H,17,18). The van der Waals surface area contributed by atoms with Crippen LogP contribution in [0.4, 0.5) is 0 Å². The van der Waals surface area contributed by atoms with Gasteiger partial charge >= 0.3 is 5.97 Å². The molecule has 0 spiro atoms. The molecule has 19 heavy (non-hydrogen) atoms. The van der Waals surface area contributed by atoms with E-state index in [0.29, 0.717) is 5.92 Å². The Morgan fingerprint density at radius 2 is 2.21 bits per heavy atom. The summed E-state index contributed by atoms with van der Waals surface area (Å²) in [4.78, 5) is 11.1. The van der Waals surface area contributed by atoms with E-state index in [0.717, 1.165) is 37.0 Å². The first-order valence-electron chi connectivity index (χ1n) is 7.11. The number of carboxylic acid groups (broad SMARTS) is 1. The van der Waals surface area contributed by atoms with Crippen LogP contribution in [-0.4, -0.2) is 18.2 Å².